The highest BCUT2D eigenvalue weighted by atomic mass is 19.4. The maximum Gasteiger partial charge on any atom is 0.416 e. The summed E-state index contributed by atoms with van der Waals surface area (Å²) in [5, 5.41) is 9.26. The Morgan fingerprint density at radius 1 is 0.902 bits per heavy atom. The van der Waals surface area contributed by atoms with Crippen LogP contribution in [-0.2, 0) is 12.4 Å². The van der Waals surface area contributed by atoms with E-state index in [9.17, 15) is 45.4 Å². The van der Waals surface area contributed by atoms with Crippen LogP contribution in [0, 0.1) is 12.7 Å². The van der Waals surface area contributed by atoms with Crippen molar-refractivity contribution < 1.29 is 45.4 Å². The van der Waals surface area contributed by atoms with Crippen molar-refractivity contribution in [2.24, 2.45) is 0 Å². The Kier molecular flexibility index (Phi) is 8.58. The fraction of sp³-hybridized carbons (Fsp3) is 0.500. The summed E-state index contributed by atoms with van der Waals surface area (Å²) in [6.07, 6.45) is -9.65. The fourth-order valence-corrected chi connectivity index (χ4v) is 5.84. The summed E-state index contributed by atoms with van der Waals surface area (Å²) < 4.78 is 94.7. The molecule has 1 N–H and O–H groups in total. The van der Waals surface area contributed by atoms with Gasteiger partial charge in [-0.3, -0.25) is 9.69 Å². The van der Waals surface area contributed by atoms with Crippen LogP contribution in [0.2, 0.25) is 0 Å². The summed E-state index contributed by atoms with van der Waals surface area (Å²) in [5.74, 6) is -1.85. The van der Waals surface area contributed by atoms with E-state index in [4.69, 9.17) is 0 Å². The molecule has 0 spiro atoms. The smallest absolute Gasteiger partial charge is 0.416 e. The molecule has 0 aromatic heterocycles. The SMILES string of the molecule is Cc1cc(C2CN(C3CCN(C(=O)O)CC3)CCC2N(C)C(=O)c2cc(C(F)(F)F)cc(C(F)(F)F)c2)ccc1F. The highest BCUT2D eigenvalue weighted by Gasteiger charge is 2.41. The molecule has 0 bridgehead atoms. The molecular formula is C28H30F7N3O3. The van der Waals surface area contributed by atoms with Crippen LogP contribution in [0.1, 0.15) is 57.8 Å². The van der Waals surface area contributed by atoms with Gasteiger partial charge in [0.2, 0.25) is 0 Å². The minimum atomic E-state index is -5.09. The third-order valence-corrected chi connectivity index (χ3v) is 8.12. The van der Waals surface area contributed by atoms with Gasteiger partial charge in [0.1, 0.15) is 5.82 Å². The van der Waals surface area contributed by atoms with Crippen LogP contribution in [0.15, 0.2) is 36.4 Å². The van der Waals surface area contributed by atoms with Crippen molar-refractivity contribution in [3.05, 3.63) is 70.0 Å². The van der Waals surface area contributed by atoms with Gasteiger partial charge in [-0.15, -0.1) is 0 Å². The van der Waals surface area contributed by atoms with Gasteiger partial charge in [0.25, 0.3) is 5.91 Å². The average molecular weight is 590 g/mol. The summed E-state index contributed by atoms with van der Waals surface area (Å²) in [5.41, 5.74) is -2.84. The number of carbonyl (C=O) groups is 2. The van der Waals surface area contributed by atoms with E-state index in [0.717, 1.165) is 0 Å². The molecule has 2 fully saturated rings. The Balaban J connectivity index is 1.64. The van der Waals surface area contributed by atoms with Crippen molar-refractivity contribution in [1.29, 1.82) is 0 Å². The largest absolute Gasteiger partial charge is 0.465 e. The van der Waals surface area contributed by atoms with E-state index in [1.807, 2.05) is 0 Å². The molecule has 2 atom stereocenters. The molecule has 2 aliphatic rings. The van der Waals surface area contributed by atoms with Crippen LogP contribution in [0.4, 0.5) is 35.5 Å². The Morgan fingerprint density at radius 2 is 1.49 bits per heavy atom. The predicted octanol–water partition coefficient (Wildman–Crippen LogP) is 6.24. The third kappa shape index (κ3) is 6.77. The number of alkyl halides is 6. The van der Waals surface area contributed by atoms with Gasteiger partial charge < -0.3 is 14.9 Å². The lowest BCUT2D eigenvalue weighted by Crippen LogP contribution is -2.55. The lowest BCUT2D eigenvalue weighted by Gasteiger charge is -2.47. The van der Waals surface area contributed by atoms with Gasteiger partial charge in [0.05, 0.1) is 11.1 Å². The van der Waals surface area contributed by atoms with Gasteiger partial charge in [-0.1, -0.05) is 12.1 Å². The first-order valence-electron chi connectivity index (χ1n) is 13.1. The molecule has 2 heterocycles. The molecule has 2 saturated heterocycles. The van der Waals surface area contributed by atoms with Crippen molar-refractivity contribution >= 4 is 12.0 Å². The topological polar surface area (TPSA) is 64.1 Å². The molecule has 4 rings (SSSR count). The maximum absolute atomic E-state index is 14.1. The molecule has 2 amide bonds. The van der Waals surface area contributed by atoms with E-state index in [-0.39, 0.29) is 12.1 Å². The summed E-state index contributed by atoms with van der Waals surface area (Å²) in [4.78, 5) is 29.4. The normalized spacial score (nSPS) is 21.1. The monoisotopic (exact) mass is 589 g/mol. The first-order chi connectivity index (χ1) is 19.1. The zero-order valence-electron chi connectivity index (χ0n) is 22.4. The Hall–Kier alpha value is -3.35. The van der Waals surface area contributed by atoms with Crippen LogP contribution < -0.4 is 0 Å². The van der Waals surface area contributed by atoms with Gasteiger partial charge in [-0.2, -0.15) is 26.3 Å². The van der Waals surface area contributed by atoms with Crippen molar-refractivity contribution in [3.8, 4) is 0 Å². The molecule has 6 nitrogen and oxygen atoms in total. The van der Waals surface area contributed by atoms with Gasteiger partial charge in [0, 0.05) is 56.8 Å². The molecular weight excluding hydrogens is 559 g/mol. The minimum absolute atomic E-state index is 0.0188. The highest BCUT2D eigenvalue weighted by Crippen LogP contribution is 2.38. The predicted molar refractivity (Wildman–Crippen MR) is 135 cm³/mol. The summed E-state index contributed by atoms with van der Waals surface area (Å²) in [6.45, 7) is 3.16. The summed E-state index contributed by atoms with van der Waals surface area (Å²) >= 11 is 0. The van der Waals surface area contributed by atoms with Crippen LogP contribution in [-0.4, -0.2) is 77.1 Å². The van der Waals surface area contributed by atoms with E-state index in [0.29, 0.717) is 68.7 Å². The summed E-state index contributed by atoms with van der Waals surface area (Å²) in [6, 6.07) is 4.77. The Morgan fingerprint density at radius 3 is 2.00 bits per heavy atom. The molecule has 13 heteroatoms. The van der Waals surface area contributed by atoms with E-state index in [2.05, 4.69) is 4.90 Å². The Labute approximate surface area is 232 Å². The van der Waals surface area contributed by atoms with E-state index in [1.165, 1.54) is 22.9 Å². The lowest BCUT2D eigenvalue weighted by atomic mass is 9.83. The second kappa shape index (κ2) is 11.5. The number of benzene rings is 2. The number of carbonyl (C=O) groups excluding carboxylic acids is 1. The molecule has 0 radical (unpaired) electrons. The minimum Gasteiger partial charge on any atom is -0.465 e. The number of nitrogens with zero attached hydrogens (tertiary/aromatic N) is 3. The van der Waals surface area contributed by atoms with E-state index in [1.54, 1.807) is 19.1 Å². The Bertz CT molecular complexity index is 1260. The van der Waals surface area contributed by atoms with Gasteiger partial charge in [0.15, 0.2) is 0 Å². The maximum atomic E-state index is 14.1. The molecule has 0 saturated carbocycles. The number of hydrogen-bond donors (Lipinski definition) is 1. The number of amides is 2. The highest BCUT2D eigenvalue weighted by molar-refractivity contribution is 5.95. The van der Waals surface area contributed by atoms with Gasteiger partial charge >= 0.3 is 18.4 Å². The second-order valence-corrected chi connectivity index (χ2v) is 10.7. The number of likely N-dealkylation sites (N-methyl/N-ethyl adjacent to an activating group) is 1. The fourth-order valence-electron chi connectivity index (χ4n) is 5.84. The van der Waals surface area contributed by atoms with Crippen molar-refractivity contribution in [2.45, 2.75) is 56.5 Å². The quantitative estimate of drug-likeness (QED) is 0.429. The summed E-state index contributed by atoms with van der Waals surface area (Å²) in [7, 11) is 1.35. The number of likely N-dealkylation sites (tertiary alicyclic amines) is 2. The number of piperidine rings is 2. The molecule has 41 heavy (non-hydrogen) atoms. The number of carboxylic acid groups (broad SMARTS) is 1. The molecule has 2 unspecified atom stereocenters. The average Bonchev–Trinajstić information content (AvgIpc) is 2.92. The van der Waals surface area contributed by atoms with Crippen molar-refractivity contribution in [3.63, 3.8) is 0 Å². The van der Waals surface area contributed by atoms with Crippen LogP contribution in [0.3, 0.4) is 0 Å². The zero-order chi connectivity index (χ0) is 30.3. The lowest BCUT2D eigenvalue weighted by molar-refractivity contribution is -0.143. The van der Waals surface area contributed by atoms with Crippen molar-refractivity contribution in [1.82, 2.24) is 14.7 Å². The van der Waals surface area contributed by atoms with Crippen LogP contribution >= 0.6 is 0 Å². The second-order valence-electron chi connectivity index (χ2n) is 10.7. The van der Waals surface area contributed by atoms with Gasteiger partial charge in [-0.05, 0) is 61.6 Å². The molecule has 2 aliphatic heterocycles. The molecule has 224 valence electrons. The van der Waals surface area contributed by atoms with E-state index >= 15 is 0 Å². The number of hydrogen-bond acceptors (Lipinski definition) is 3. The number of halogens is 7. The number of rotatable bonds is 4. The first kappa shape index (κ1) is 30.6. The van der Waals surface area contributed by atoms with Gasteiger partial charge in [-0.25, -0.2) is 9.18 Å². The van der Waals surface area contributed by atoms with Crippen LogP contribution in [0.25, 0.3) is 0 Å². The van der Waals surface area contributed by atoms with Crippen molar-refractivity contribution in [2.75, 3.05) is 33.2 Å². The standard InChI is InChI=1S/C28H30F7N3O3/c1-16-11-17(3-4-23(16)29)22-15-38(21-5-8-37(9-6-21)26(40)41)10-7-24(22)36(2)25(39)18-12-19(27(30,31)32)14-20(13-18)28(33,34)35/h3-4,11-14,21-22,24H,5-10,15H2,1-2H3,(H,40,41). The van der Waals surface area contributed by atoms with Crippen LogP contribution in [0.5, 0.6) is 0 Å². The molecule has 2 aromatic carbocycles. The van der Waals surface area contributed by atoms with E-state index < -0.39 is 58.8 Å². The zero-order valence-corrected chi connectivity index (χ0v) is 22.4. The molecule has 0 aliphatic carbocycles. The first-order valence-corrected chi connectivity index (χ1v) is 13.1. The third-order valence-electron chi connectivity index (χ3n) is 8.12. The number of aryl methyl sites for hydroxylation is 1. The molecule has 2 aromatic rings.